The first-order valence-electron chi connectivity index (χ1n) is 11.4. The minimum absolute atomic E-state index is 0.0867. The fraction of sp³-hybridized carbons (Fsp3) is 0.696. The lowest BCUT2D eigenvalue weighted by Crippen LogP contribution is -2.56. The molecule has 1 spiro atoms. The van der Waals surface area contributed by atoms with Crippen molar-refractivity contribution in [3.63, 3.8) is 0 Å². The zero-order valence-corrected chi connectivity index (χ0v) is 19.1. The van der Waals surface area contributed by atoms with Crippen molar-refractivity contribution in [2.75, 3.05) is 26.3 Å². The third kappa shape index (κ3) is 3.61. The van der Waals surface area contributed by atoms with Gasteiger partial charge in [-0.25, -0.2) is 0 Å². The standard InChI is InChI=1S/C23H32N2O5S/c1-3-4-6-11-24-12-8-10-23-18(17-16(31-23)9-5-7-13-30-22(17)29)20(27)25(15(2)14-26)19(23)21(24)28/h5,8-10,15-19,26H,3-4,6-7,11-14H2,1-2H3/t15-,16+,17-,18+,19?,23+/m1/s1. The molecule has 0 bridgehead atoms. The average molecular weight is 449 g/mol. The Bertz CT molecular complexity index is 799. The summed E-state index contributed by atoms with van der Waals surface area (Å²) in [4.78, 5) is 43.9. The number of thioether (sulfide) groups is 1. The second-order valence-corrected chi connectivity index (χ2v) is 10.4. The van der Waals surface area contributed by atoms with Gasteiger partial charge in [0.2, 0.25) is 11.8 Å². The number of carbonyl (C=O) groups is 3. The highest BCUT2D eigenvalue weighted by atomic mass is 32.2. The molecule has 1 N–H and O–H groups in total. The second-order valence-electron chi connectivity index (χ2n) is 8.90. The normalized spacial score (nSPS) is 35.8. The molecule has 170 valence electrons. The number of cyclic esters (lactones) is 1. The molecule has 0 aromatic heterocycles. The number of ether oxygens (including phenoxy) is 1. The van der Waals surface area contributed by atoms with Gasteiger partial charge in [-0.05, 0) is 19.8 Å². The number of nitrogens with zero attached hydrogens (tertiary/aromatic N) is 2. The SMILES string of the molecule is CCCCCN1CC=C[C@]23S[C@H]4C=CCCOC(=O)[C@H]4[C@H]2C(=O)N([C@H](C)CO)C3C1=O. The molecule has 0 saturated carbocycles. The Balaban J connectivity index is 1.77. The number of unbranched alkanes of at least 4 members (excludes halogenated alkanes) is 2. The molecule has 2 amide bonds. The molecule has 7 nitrogen and oxygen atoms in total. The number of aliphatic hydroxyl groups excluding tert-OH is 1. The summed E-state index contributed by atoms with van der Waals surface area (Å²) >= 11 is 1.54. The molecule has 0 aliphatic carbocycles. The number of hydrogen-bond donors (Lipinski definition) is 1. The van der Waals surface area contributed by atoms with Gasteiger partial charge in [-0.15, -0.1) is 11.8 Å². The number of esters is 1. The number of carbonyl (C=O) groups excluding carboxylic acids is 3. The van der Waals surface area contributed by atoms with E-state index >= 15 is 0 Å². The van der Waals surface area contributed by atoms with E-state index in [2.05, 4.69) is 6.92 Å². The van der Waals surface area contributed by atoms with Crippen LogP contribution in [0.25, 0.3) is 0 Å². The number of fused-ring (bicyclic) bond motifs is 2. The molecule has 4 aliphatic heterocycles. The van der Waals surface area contributed by atoms with Crippen LogP contribution in [0.1, 0.15) is 39.5 Å². The van der Waals surface area contributed by atoms with Gasteiger partial charge in [-0.1, -0.05) is 44.1 Å². The van der Waals surface area contributed by atoms with Crippen molar-refractivity contribution in [2.24, 2.45) is 11.8 Å². The number of aliphatic hydroxyl groups is 1. The van der Waals surface area contributed by atoms with E-state index in [1.807, 2.05) is 29.2 Å². The van der Waals surface area contributed by atoms with Crippen molar-refractivity contribution < 1.29 is 24.2 Å². The van der Waals surface area contributed by atoms with E-state index in [9.17, 15) is 19.5 Å². The minimum Gasteiger partial charge on any atom is -0.465 e. The fourth-order valence-corrected chi connectivity index (χ4v) is 7.40. The summed E-state index contributed by atoms with van der Waals surface area (Å²) in [5, 5.41) is 9.67. The molecule has 4 heterocycles. The van der Waals surface area contributed by atoms with E-state index in [0.29, 0.717) is 26.1 Å². The van der Waals surface area contributed by atoms with Crippen LogP contribution in [0.15, 0.2) is 24.3 Å². The molecular formula is C23H32N2O5S. The Hall–Kier alpha value is -1.80. The van der Waals surface area contributed by atoms with Crippen LogP contribution >= 0.6 is 11.8 Å². The smallest absolute Gasteiger partial charge is 0.311 e. The first kappa shape index (κ1) is 22.4. The van der Waals surface area contributed by atoms with Gasteiger partial charge in [0, 0.05) is 18.3 Å². The fourth-order valence-electron chi connectivity index (χ4n) is 5.41. The number of hydrogen-bond acceptors (Lipinski definition) is 6. The highest BCUT2D eigenvalue weighted by Gasteiger charge is 2.71. The zero-order valence-electron chi connectivity index (χ0n) is 18.2. The van der Waals surface area contributed by atoms with Gasteiger partial charge in [0.05, 0.1) is 35.8 Å². The van der Waals surface area contributed by atoms with E-state index < -0.39 is 28.7 Å². The summed E-state index contributed by atoms with van der Waals surface area (Å²) < 4.78 is 4.62. The van der Waals surface area contributed by atoms with E-state index in [4.69, 9.17) is 4.74 Å². The molecule has 1 unspecified atom stereocenters. The predicted molar refractivity (Wildman–Crippen MR) is 118 cm³/mol. The van der Waals surface area contributed by atoms with Crippen LogP contribution in [0, 0.1) is 11.8 Å². The van der Waals surface area contributed by atoms with E-state index in [0.717, 1.165) is 19.3 Å². The monoisotopic (exact) mass is 448 g/mol. The summed E-state index contributed by atoms with van der Waals surface area (Å²) in [7, 11) is 0. The van der Waals surface area contributed by atoms with Crippen molar-refractivity contribution in [3.05, 3.63) is 24.3 Å². The van der Waals surface area contributed by atoms with Crippen molar-refractivity contribution in [3.8, 4) is 0 Å². The molecule has 0 aromatic rings. The minimum atomic E-state index is -0.833. The molecule has 8 heteroatoms. The molecule has 31 heavy (non-hydrogen) atoms. The predicted octanol–water partition coefficient (Wildman–Crippen LogP) is 1.76. The molecule has 2 saturated heterocycles. The largest absolute Gasteiger partial charge is 0.465 e. The third-order valence-corrected chi connectivity index (χ3v) is 8.66. The maximum atomic E-state index is 13.8. The van der Waals surface area contributed by atoms with Gasteiger partial charge in [-0.2, -0.15) is 0 Å². The number of likely N-dealkylation sites (tertiary alicyclic amines) is 1. The van der Waals surface area contributed by atoms with Gasteiger partial charge in [0.1, 0.15) is 6.04 Å². The summed E-state index contributed by atoms with van der Waals surface area (Å²) in [6.07, 6.45) is 11.7. The van der Waals surface area contributed by atoms with Gasteiger partial charge >= 0.3 is 5.97 Å². The van der Waals surface area contributed by atoms with Crippen molar-refractivity contribution >= 4 is 29.5 Å². The van der Waals surface area contributed by atoms with Crippen molar-refractivity contribution in [1.82, 2.24) is 9.80 Å². The topological polar surface area (TPSA) is 87.2 Å². The lowest BCUT2D eigenvalue weighted by atomic mass is 9.78. The van der Waals surface area contributed by atoms with Crippen molar-refractivity contribution in [2.45, 2.75) is 61.6 Å². The highest BCUT2D eigenvalue weighted by Crippen LogP contribution is 2.61. The molecule has 6 atom stereocenters. The quantitative estimate of drug-likeness (QED) is 0.379. The van der Waals surface area contributed by atoms with Gasteiger partial charge in [0.15, 0.2) is 0 Å². The van der Waals surface area contributed by atoms with Crippen LogP contribution in [0.2, 0.25) is 0 Å². The number of amides is 2. The molecule has 4 rings (SSSR count). The van der Waals surface area contributed by atoms with Crippen molar-refractivity contribution in [1.29, 1.82) is 0 Å². The Kier molecular flexibility index (Phi) is 6.49. The Labute approximate surface area is 187 Å². The summed E-state index contributed by atoms with van der Waals surface area (Å²) in [5.41, 5.74) is 0. The Morgan fingerprint density at radius 1 is 1.26 bits per heavy atom. The van der Waals surface area contributed by atoms with E-state index in [-0.39, 0.29) is 29.6 Å². The maximum absolute atomic E-state index is 13.8. The summed E-state index contributed by atoms with van der Waals surface area (Å²) in [5.74, 6) is -1.98. The summed E-state index contributed by atoms with van der Waals surface area (Å²) in [6, 6.07) is -1.24. The molecule has 0 aromatic carbocycles. The van der Waals surface area contributed by atoms with Crippen LogP contribution in [0.4, 0.5) is 0 Å². The molecular weight excluding hydrogens is 416 g/mol. The van der Waals surface area contributed by atoms with Gasteiger partial charge < -0.3 is 19.6 Å². The highest BCUT2D eigenvalue weighted by molar-refractivity contribution is 8.02. The maximum Gasteiger partial charge on any atom is 0.311 e. The molecule has 2 fully saturated rings. The zero-order chi connectivity index (χ0) is 22.2. The van der Waals surface area contributed by atoms with Gasteiger partial charge in [0.25, 0.3) is 0 Å². The lowest BCUT2D eigenvalue weighted by Gasteiger charge is -2.37. The first-order chi connectivity index (χ1) is 15.0. The van der Waals surface area contributed by atoms with E-state index in [1.165, 1.54) is 11.8 Å². The first-order valence-corrected chi connectivity index (χ1v) is 12.2. The van der Waals surface area contributed by atoms with Crippen LogP contribution in [0.5, 0.6) is 0 Å². The molecule has 4 aliphatic rings. The third-order valence-electron chi connectivity index (χ3n) is 6.91. The number of rotatable bonds is 6. The Morgan fingerprint density at radius 3 is 2.81 bits per heavy atom. The second kappa shape index (κ2) is 8.98. The van der Waals surface area contributed by atoms with E-state index in [1.54, 1.807) is 11.8 Å². The average Bonchev–Trinajstić information content (AvgIpc) is 3.13. The lowest BCUT2D eigenvalue weighted by molar-refractivity contribution is -0.153. The van der Waals surface area contributed by atoms with Crippen LogP contribution < -0.4 is 0 Å². The molecule has 0 radical (unpaired) electrons. The van der Waals surface area contributed by atoms with Crippen LogP contribution in [-0.2, 0) is 19.1 Å². The van der Waals surface area contributed by atoms with Crippen LogP contribution in [0.3, 0.4) is 0 Å². The van der Waals surface area contributed by atoms with Crippen LogP contribution in [-0.4, -0.2) is 81.1 Å². The summed E-state index contributed by atoms with van der Waals surface area (Å²) in [6.45, 7) is 5.09. The Morgan fingerprint density at radius 2 is 2.06 bits per heavy atom. The van der Waals surface area contributed by atoms with Gasteiger partial charge in [-0.3, -0.25) is 14.4 Å².